The first-order valence-corrected chi connectivity index (χ1v) is 4.83. The Morgan fingerprint density at radius 3 is 1.20 bits per heavy atom. The maximum atomic E-state index is 2.12. The van der Waals surface area contributed by atoms with Crippen LogP contribution in [0, 0.1) is 5.92 Å². The van der Waals surface area contributed by atoms with Crippen molar-refractivity contribution in [1.82, 2.24) is 0 Å². The van der Waals surface area contributed by atoms with Crippen molar-refractivity contribution in [2.75, 3.05) is 0 Å². The minimum absolute atomic E-state index is 0. The van der Waals surface area contributed by atoms with Crippen LogP contribution in [-0.4, -0.2) is 0 Å². The molecule has 2 rings (SSSR count). The van der Waals surface area contributed by atoms with Gasteiger partial charge in [-0.05, 0) is 0 Å². The van der Waals surface area contributed by atoms with Gasteiger partial charge < -0.3 is 5.56 Å². The topological polar surface area (TPSA) is 0 Å². The van der Waals surface area contributed by atoms with Crippen LogP contribution in [0.15, 0.2) is 60.7 Å². The normalized spacial score (nSPS) is 8.13. The van der Waals surface area contributed by atoms with Gasteiger partial charge in [-0.2, -0.15) is 0 Å². The Bertz CT molecular complexity index is 282. The Hall–Kier alpha value is -0.872. The average Bonchev–Trinajstić information content (AvgIpc) is 2.74. The molecule has 80 valence electrons. The summed E-state index contributed by atoms with van der Waals surface area (Å²) in [6.07, 6.45) is 0. The standard InChI is InChI=1S/C8H10.C6H6.W/c1-7(2)8-5-3-4-6-8;1-2-4-6-5-3-1;/h3-6H,1-2H3;1-6H;/q-2;;. The fraction of sp³-hybridized carbons (Fsp3) is 0.143. The fourth-order valence-corrected chi connectivity index (χ4v) is 1.09. The van der Waals surface area contributed by atoms with Crippen molar-refractivity contribution in [2.45, 2.75) is 13.8 Å². The Balaban J connectivity index is 0.000000253. The first-order valence-electron chi connectivity index (χ1n) is 4.83. The summed E-state index contributed by atoms with van der Waals surface area (Å²) in [7, 11) is 0. The maximum absolute atomic E-state index is 2.12. The molecule has 15 heavy (non-hydrogen) atoms. The van der Waals surface area contributed by atoms with Crippen LogP contribution in [0.4, 0.5) is 0 Å². The molecule has 0 aliphatic rings. The molecule has 0 aromatic heterocycles. The van der Waals surface area contributed by atoms with E-state index in [2.05, 4.69) is 38.1 Å². The van der Waals surface area contributed by atoms with Gasteiger partial charge in [0.1, 0.15) is 0 Å². The summed E-state index contributed by atoms with van der Waals surface area (Å²) in [5.74, 6) is 1.38. The monoisotopic (exact) mass is 368 g/mol. The molecule has 0 spiro atoms. The molecule has 2 aromatic rings. The minimum Gasteiger partial charge on any atom is -0.302 e. The largest absolute Gasteiger partial charge is 0.302 e. The molecule has 0 radical (unpaired) electrons. The third kappa shape index (κ3) is 6.25. The van der Waals surface area contributed by atoms with Gasteiger partial charge in [0.2, 0.25) is 0 Å². The predicted molar refractivity (Wildman–Crippen MR) is 62.2 cm³/mol. The zero-order valence-electron chi connectivity index (χ0n) is 9.18. The Morgan fingerprint density at radius 1 is 0.667 bits per heavy atom. The number of hydrogen-bond donors (Lipinski definition) is 0. The van der Waals surface area contributed by atoms with E-state index in [1.165, 1.54) is 11.5 Å². The molecule has 0 nitrogen and oxygen atoms in total. The molecule has 0 bridgehead atoms. The van der Waals surface area contributed by atoms with Gasteiger partial charge in [0.05, 0.1) is 0 Å². The molecule has 0 atom stereocenters. The predicted octanol–water partition coefficient (Wildman–Crippen LogP) is 4.05. The average molecular weight is 368 g/mol. The van der Waals surface area contributed by atoms with E-state index in [1.54, 1.807) is 0 Å². The smallest absolute Gasteiger partial charge is 0 e. The molecule has 0 unspecified atom stereocenters. The molecule has 0 fully saturated rings. The van der Waals surface area contributed by atoms with Crippen LogP contribution >= 0.6 is 0 Å². The van der Waals surface area contributed by atoms with Gasteiger partial charge in [-0.25, -0.2) is 5.92 Å². The van der Waals surface area contributed by atoms with Crippen LogP contribution in [0.25, 0.3) is 0 Å². The molecule has 0 N–H and O–H groups in total. The summed E-state index contributed by atoms with van der Waals surface area (Å²) >= 11 is 0. The molecule has 1 heteroatoms. The van der Waals surface area contributed by atoms with Crippen LogP contribution in [0.3, 0.4) is 0 Å². The maximum Gasteiger partial charge on any atom is 0 e. The van der Waals surface area contributed by atoms with Gasteiger partial charge in [0.15, 0.2) is 0 Å². The minimum atomic E-state index is 0. The summed E-state index contributed by atoms with van der Waals surface area (Å²) in [4.78, 5) is 0. The Morgan fingerprint density at radius 2 is 1.00 bits per heavy atom. The zero-order valence-corrected chi connectivity index (χ0v) is 12.1. The van der Waals surface area contributed by atoms with Gasteiger partial charge in [-0.1, -0.05) is 36.4 Å². The second-order valence-corrected chi connectivity index (χ2v) is 3.33. The summed E-state index contributed by atoms with van der Waals surface area (Å²) in [6.45, 7) is 4.24. The third-order valence-electron chi connectivity index (χ3n) is 1.91. The fourth-order valence-electron chi connectivity index (χ4n) is 1.09. The van der Waals surface area contributed by atoms with E-state index >= 15 is 0 Å². The van der Waals surface area contributed by atoms with Crippen molar-refractivity contribution >= 4 is 0 Å². The van der Waals surface area contributed by atoms with Gasteiger partial charge in [-0.3, -0.25) is 24.3 Å². The Labute approximate surface area is 107 Å². The van der Waals surface area contributed by atoms with Crippen molar-refractivity contribution in [3.8, 4) is 0 Å². The van der Waals surface area contributed by atoms with Crippen molar-refractivity contribution in [1.29, 1.82) is 0 Å². The number of hydrogen-bond acceptors (Lipinski definition) is 0. The van der Waals surface area contributed by atoms with E-state index in [-0.39, 0.29) is 21.1 Å². The van der Waals surface area contributed by atoms with Crippen molar-refractivity contribution < 1.29 is 21.1 Å². The van der Waals surface area contributed by atoms with Gasteiger partial charge in [0, 0.05) is 21.1 Å². The summed E-state index contributed by atoms with van der Waals surface area (Å²) in [6, 6.07) is 20.4. The SMILES string of the molecule is C[C-](C)[c-]1cccc1.[W].c1ccccc1. The molecular weight excluding hydrogens is 352 g/mol. The van der Waals surface area contributed by atoms with Crippen LogP contribution in [-0.2, 0) is 21.1 Å². The van der Waals surface area contributed by atoms with Crippen molar-refractivity contribution in [2.24, 2.45) is 0 Å². The second-order valence-electron chi connectivity index (χ2n) is 3.33. The molecule has 0 saturated heterocycles. The van der Waals surface area contributed by atoms with Crippen molar-refractivity contribution in [3.63, 3.8) is 0 Å². The van der Waals surface area contributed by atoms with Crippen LogP contribution in [0.5, 0.6) is 0 Å². The summed E-state index contributed by atoms with van der Waals surface area (Å²) in [5, 5.41) is 0. The first-order chi connectivity index (χ1) is 6.80. The van der Waals surface area contributed by atoms with E-state index < -0.39 is 0 Å². The molecule has 0 aliphatic carbocycles. The zero-order chi connectivity index (χ0) is 10.2. The molecule has 0 saturated carbocycles. The quantitative estimate of drug-likeness (QED) is 0.667. The summed E-state index contributed by atoms with van der Waals surface area (Å²) < 4.78 is 0. The number of rotatable bonds is 1. The van der Waals surface area contributed by atoms with Gasteiger partial charge >= 0.3 is 0 Å². The third-order valence-corrected chi connectivity index (χ3v) is 1.91. The van der Waals surface area contributed by atoms with E-state index in [1.807, 2.05) is 36.4 Å². The molecular formula is C14H16W-2. The van der Waals surface area contributed by atoms with Gasteiger partial charge in [-0.15, -0.1) is 13.8 Å². The first kappa shape index (κ1) is 14.1. The number of benzene rings is 1. The van der Waals surface area contributed by atoms with E-state index in [9.17, 15) is 0 Å². The van der Waals surface area contributed by atoms with Crippen LogP contribution < -0.4 is 0 Å². The molecule has 2 aromatic carbocycles. The van der Waals surface area contributed by atoms with Gasteiger partial charge in [0.25, 0.3) is 0 Å². The molecule has 0 amide bonds. The van der Waals surface area contributed by atoms with Crippen LogP contribution in [0.2, 0.25) is 0 Å². The second kappa shape index (κ2) is 8.44. The molecule has 0 aliphatic heterocycles. The van der Waals surface area contributed by atoms with E-state index in [0.29, 0.717) is 0 Å². The van der Waals surface area contributed by atoms with E-state index in [0.717, 1.165) is 0 Å². The van der Waals surface area contributed by atoms with Crippen molar-refractivity contribution in [3.05, 3.63) is 72.1 Å². The van der Waals surface area contributed by atoms with E-state index in [4.69, 9.17) is 0 Å². The molecule has 0 heterocycles. The summed E-state index contributed by atoms with van der Waals surface area (Å²) in [5.41, 5.74) is 1.35. The van der Waals surface area contributed by atoms with Crippen LogP contribution in [0.1, 0.15) is 19.4 Å². The Kier molecular flexibility index (Phi) is 7.95.